The molecule has 0 atom stereocenters. The molecule has 2 rings (SSSR count). The predicted octanol–water partition coefficient (Wildman–Crippen LogP) is 0.0457. The van der Waals surface area contributed by atoms with Gasteiger partial charge in [0.1, 0.15) is 0 Å². The van der Waals surface area contributed by atoms with Gasteiger partial charge in [0, 0.05) is 25.2 Å². The molecule has 0 unspecified atom stereocenters. The van der Waals surface area contributed by atoms with E-state index in [9.17, 15) is 9.59 Å². The van der Waals surface area contributed by atoms with Gasteiger partial charge in [0.05, 0.1) is 11.8 Å². The fraction of sp³-hybridized carbons (Fsp3) is 0.667. The Bertz CT molecular complexity index is 532. The van der Waals surface area contributed by atoms with Crippen LogP contribution >= 0.6 is 0 Å². The van der Waals surface area contributed by atoms with Crippen molar-refractivity contribution in [1.29, 1.82) is 0 Å². The molecule has 1 fully saturated rings. The average Bonchev–Trinajstić information content (AvgIpc) is 2.84. The third kappa shape index (κ3) is 4.07. The van der Waals surface area contributed by atoms with Crippen LogP contribution in [-0.2, 0) is 11.8 Å². The van der Waals surface area contributed by atoms with Gasteiger partial charge in [0.15, 0.2) is 0 Å². The molecular formula is C15H25N5O2. The zero-order chi connectivity index (χ0) is 16.1. The Hall–Kier alpha value is -1.89. The number of amides is 2. The Balaban J connectivity index is 1.65. The van der Waals surface area contributed by atoms with Gasteiger partial charge in [-0.25, -0.2) is 0 Å². The maximum atomic E-state index is 12.0. The highest BCUT2D eigenvalue weighted by Gasteiger charge is 2.22. The van der Waals surface area contributed by atoms with Crippen LogP contribution in [0.2, 0.25) is 0 Å². The van der Waals surface area contributed by atoms with E-state index < -0.39 is 0 Å². The van der Waals surface area contributed by atoms with Crippen LogP contribution in [0.5, 0.6) is 0 Å². The minimum atomic E-state index is -0.182. The first-order chi connectivity index (χ1) is 10.5. The van der Waals surface area contributed by atoms with Gasteiger partial charge in [-0.3, -0.25) is 14.3 Å². The number of hydrogen-bond acceptors (Lipinski definition) is 4. The lowest BCUT2D eigenvalue weighted by Crippen LogP contribution is -2.39. The summed E-state index contributed by atoms with van der Waals surface area (Å²) >= 11 is 0. The molecule has 3 N–H and O–H groups in total. The summed E-state index contributed by atoms with van der Waals surface area (Å²) in [5, 5.41) is 7.00. The standard InChI is InChI=1S/C15H25N5O2/c1-11-13(10-18-19(11)2)15(22)17-6-3-7-20-8-4-12(5-9-20)14(16)21/h10,12H,3-9H2,1-2H3,(H2,16,21)(H,17,22). The summed E-state index contributed by atoms with van der Waals surface area (Å²) in [5.41, 5.74) is 6.82. The van der Waals surface area contributed by atoms with E-state index in [0.29, 0.717) is 12.1 Å². The second kappa shape index (κ2) is 7.40. The number of aromatic nitrogens is 2. The summed E-state index contributed by atoms with van der Waals surface area (Å²) in [5.74, 6) is -0.221. The van der Waals surface area contributed by atoms with Crippen molar-refractivity contribution < 1.29 is 9.59 Å². The zero-order valence-electron chi connectivity index (χ0n) is 13.3. The molecule has 1 saturated heterocycles. The van der Waals surface area contributed by atoms with Gasteiger partial charge in [0.25, 0.3) is 5.91 Å². The minimum absolute atomic E-state index is 0.0320. The molecule has 7 heteroatoms. The highest BCUT2D eigenvalue weighted by Crippen LogP contribution is 2.16. The van der Waals surface area contributed by atoms with E-state index in [4.69, 9.17) is 5.73 Å². The van der Waals surface area contributed by atoms with Crippen molar-refractivity contribution in [2.24, 2.45) is 18.7 Å². The molecule has 0 bridgehead atoms. The van der Waals surface area contributed by atoms with Crippen molar-refractivity contribution in [3.05, 3.63) is 17.5 Å². The quantitative estimate of drug-likeness (QED) is 0.726. The average molecular weight is 307 g/mol. The molecule has 1 aromatic heterocycles. The summed E-state index contributed by atoms with van der Waals surface area (Å²) in [6.45, 7) is 5.26. The summed E-state index contributed by atoms with van der Waals surface area (Å²) in [4.78, 5) is 25.4. The SMILES string of the molecule is Cc1c(C(=O)NCCCN2CCC(C(N)=O)CC2)cnn1C. The van der Waals surface area contributed by atoms with E-state index in [1.807, 2.05) is 14.0 Å². The number of carbonyl (C=O) groups is 2. The van der Waals surface area contributed by atoms with Crippen LogP contribution in [0.3, 0.4) is 0 Å². The summed E-state index contributed by atoms with van der Waals surface area (Å²) in [6.07, 6.45) is 4.18. The van der Waals surface area contributed by atoms with Crippen LogP contribution in [0.1, 0.15) is 35.3 Å². The summed E-state index contributed by atoms with van der Waals surface area (Å²) in [6, 6.07) is 0. The highest BCUT2D eigenvalue weighted by atomic mass is 16.2. The highest BCUT2D eigenvalue weighted by molar-refractivity contribution is 5.94. The molecule has 0 aliphatic carbocycles. The lowest BCUT2D eigenvalue weighted by molar-refractivity contribution is -0.123. The molecule has 2 heterocycles. The number of hydrogen-bond donors (Lipinski definition) is 2. The van der Waals surface area contributed by atoms with Crippen molar-refractivity contribution in [2.45, 2.75) is 26.2 Å². The molecule has 2 amide bonds. The zero-order valence-corrected chi connectivity index (χ0v) is 13.3. The van der Waals surface area contributed by atoms with Crippen LogP contribution in [0.15, 0.2) is 6.20 Å². The third-order valence-electron chi connectivity index (χ3n) is 4.41. The monoisotopic (exact) mass is 307 g/mol. The number of nitrogens with two attached hydrogens (primary N) is 1. The number of rotatable bonds is 6. The number of carbonyl (C=O) groups excluding carboxylic acids is 2. The fourth-order valence-electron chi connectivity index (χ4n) is 2.76. The van der Waals surface area contributed by atoms with E-state index in [0.717, 1.165) is 44.6 Å². The Kier molecular flexibility index (Phi) is 5.54. The second-order valence-corrected chi connectivity index (χ2v) is 5.89. The van der Waals surface area contributed by atoms with Crippen molar-refractivity contribution >= 4 is 11.8 Å². The Morgan fingerprint density at radius 3 is 2.64 bits per heavy atom. The molecule has 1 aliphatic heterocycles. The van der Waals surface area contributed by atoms with E-state index in [2.05, 4.69) is 15.3 Å². The third-order valence-corrected chi connectivity index (χ3v) is 4.41. The number of nitrogens with one attached hydrogen (secondary N) is 1. The first-order valence-electron chi connectivity index (χ1n) is 7.77. The fourth-order valence-corrected chi connectivity index (χ4v) is 2.76. The van der Waals surface area contributed by atoms with E-state index in [-0.39, 0.29) is 17.7 Å². The minimum Gasteiger partial charge on any atom is -0.369 e. The lowest BCUT2D eigenvalue weighted by Gasteiger charge is -2.30. The van der Waals surface area contributed by atoms with E-state index in [1.54, 1.807) is 10.9 Å². The van der Waals surface area contributed by atoms with Gasteiger partial charge in [-0.2, -0.15) is 5.10 Å². The molecule has 0 saturated carbocycles. The van der Waals surface area contributed by atoms with Gasteiger partial charge in [0.2, 0.25) is 5.91 Å². The number of likely N-dealkylation sites (tertiary alicyclic amines) is 1. The molecule has 1 aromatic rings. The van der Waals surface area contributed by atoms with Gasteiger partial charge in [-0.05, 0) is 45.8 Å². The topological polar surface area (TPSA) is 93.2 Å². The van der Waals surface area contributed by atoms with Gasteiger partial charge in [-0.1, -0.05) is 0 Å². The first-order valence-corrected chi connectivity index (χ1v) is 7.77. The largest absolute Gasteiger partial charge is 0.369 e. The molecule has 22 heavy (non-hydrogen) atoms. The lowest BCUT2D eigenvalue weighted by atomic mass is 9.96. The van der Waals surface area contributed by atoms with Crippen LogP contribution in [0.25, 0.3) is 0 Å². The van der Waals surface area contributed by atoms with Gasteiger partial charge in [-0.15, -0.1) is 0 Å². The predicted molar refractivity (Wildman–Crippen MR) is 83.3 cm³/mol. The maximum Gasteiger partial charge on any atom is 0.254 e. The van der Waals surface area contributed by atoms with Crippen LogP contribution in [0, 0.1) is 12.8 Å². The molecule has 7 nitrogen and oxygen atoms in total. The Morgan fingerprint density at radius 1 is 1.41 bits per heavy atom. The molecule has 122 valence electrons. The Morgan fingerprint density at radius 2 is 2.09 bits per heavy atom. The number of nitrogens with zero attached hydrogens (tertiary/aromatic N) is 3. The van der Waals surface area contributed by atoms with Gasteiger partial charge < -0.3 is 16.0 Å². The van der Waals surface area contributed by atoms with Crippen LogP contribution < -0.4 is 11.1 Å². The number of aryl methyl sites for hydroxylation is 1. The smallest absolute Gasteiger partial charge is 0.254 e. The van der Waals surface area contributed by atoms with Crippen LogP contribution in [-0.4, -0.2) is 52.7 Å². The first kappa shape index (κ1) is 16.5. The molecule has 0 aromatic carbocycles. The van der Waals surface area contributed by atoms with Crippen molar-refractivity contribution in [3.8, 4) is 0 Å². The van der Waals surface area contributed by atoms with Crippen molar-refractivity contribution in [2.75, 3.05) is 26.2 Å². The van der Waals surface area contributed by atoms with Crippen LogP contribution in [0.4, 0.5) is 0 Å². The summed E-state index contributed by atoms with van der Waals surface area (Å²) < 4.78 is 1.69. The Labute approximate surface area is 130 Å². The molecule has 1 aliphatic rings. The number of piperidine rings is 1. The van der Waals surface area contributed by atoms with Crippen molar-refractivity contribution in [1.82, 2.24) is 20.0 Å². The van der Waals surface area contributed by atoms with Gasteiger partial charge >= 0.3 is 0 Å². The maximum absolute atomic E-state index is 12.0. The van der Waals surface area contributed by atoms with Crippen molar-refractivity contribution in [3.63, 3.8) is 0 Å². The normalized spacial score (nSPS) is 16.6. The molecule has 0 radical (unpaired) electrons. The summed E-state index contributed by atoms with van der Waals surface area (Å²) in [7, 11) is 1.82. The molecular weight excluding hydrogens is 282 g/mol. The van der Waals surface area contributed by atoms with E-state index in [1.165, 1.54) is 0 Å². The van der Waals surface area contributed by atoms with E-state index >= 15 is 0 Å². The number of primary amides is 1. The molecule has 0 spiro atoms. The second-order valence-electron chi connectivity index (χ2n) is 5.89.